The molecule has 0 radical (unpaired) electrons. The molecule has 0 aliphatic carbocycles. The normalized spacial score (nSPS) is 14.4. The molecule has 0 saturated carbocycles. The minimum atomic E-state index is -0.0131. The molecule has 3 rings (SSSR count). The Kier molecular flexibility index (Phi) is 6.82. The molecule has 1 amide bonds. The minimum absolute atomic E-state index is 0.0131. The maximum Gasteiger partial charge on any atom is 0.254 e. The third-order valence-electron chi connectivity index (χ3n) is 5.14. The number of benzene rings is 2. The van der Waals surface area contributed by atoms with E-state index in [1.165, 1.54) is 0 Å². The van der Waals surface area contributed by atoms with Gasteiger partial charge in [0.15, 0.2) is 11.5 Å². The van der Waals surface area contributed by atoms with Crippen LogP contribution in [0.15, 0.2) is 36.4 Å². The molecule has 1 saturated heterocycles. The van der Waals surface area contributed by atoms with Crippen molar-refractivity contribution in [2.45, 2.75) is 6.54 Å². The van der Waals surface area contributed by atoms with Gasteiger partial charge in [0.25, 0.3) is 5.91 Å². The van der Waals surface area contributed by atoms with Gasteiger partial charge in [-0.2, -0.15) is 0 Å². The number of para-hydroxylation sites is 1. The largest absolute Gasteiger partial charge is 0.497 e. The second-order valence-electron chi connectivity index (χ2n) is 6.82. The first-order valence-electron chi connectivity index (χ1n) is 9.54. The Balaban J connectivity index is 1.65. The van der Waals surface area contributed by atoms with Crippen LogP contribution in [0.1, 0.15) is 15.9 Å². The van der Waals surface area contributed by atoms with Crippen molar-refractivity contribution in [3.63, 3.8) is 0 Å². The monoisotopic (exact) mass is 400 g/mol. The third-order valence-corrected chi connectivity index (χ3v) is 5.14. The molecular weight excluding hydrogens is 372 g/mol. The number of methoxy groups -OCH3 is 4. The summed E-state index contributed by atoms with van der Waals surface area (Å²) >= 11 is 0. The highest BCUT2D eigenvalue weighted by atomic mass is 16.5. The Morgan fingerprint density at radius 3 is 2.07 bits per heavy atom. The van der Waals surface area contributed by atoms with Crippen molar-refractivity contribution in [1.29, 1.82) is 0 Å². The fourth-order valence-electron chi connectivity index (χ4n) is 3.54. The number of piperazine rings is 1. The zero-order valence-electron chi connectivity index (χ0n) is 17.4. The van der Waals surface area contributed by atoms with E-state index in [0.29, 0.717) is 30.2 Å². The summed E-state index contributed by atoms with van der Waals surface area (Å²) in [6.07, 6.45) is 0. The van der Waals surface area contributed by atoms with E-state index >= 15 is 0 Å². The molecule has 0 atom stereocenters. The van der Waals surface area contributed by atoms with Crippen LogP contribution in [0, 0.1) is 0 Å². The Labute approximate surface area is 171 Å². The number of amides is 1. The van der Waals surface area contributed by atoms with E-state index in [-0.39, 0.29) is 5.91 Å². The van der Waals surface area contributed by atoms with Crippen molar-refractivity contribution in [2.24, 2.45) is 0 Å². The van der Waals surface area contributed by atoms with E-state index in [1.54, 1.807) is 46.6 Å². The molecule has 1 fully saturated rings. The molecule has 156 valence electrons. The van der Waals surface area contributed by atoms with Crippen molar-refractivity contribution in [1.82, 2.24) is 9.80 Å². The SMILES string of the molecule is COc1cc(OC)cc(C(=O)N2CCN(Cc3cccc(OC)c3OC)CC2)c1. The van der Waals surface area contributed by atoms with E-state index < -0.39 is 0 Å². The summed E-state index contributed by atoms with van der Waals surface area (Å²) in [4.78, 5) is 17.1. The Morgan fingerprint density at radius 1 is 0.862 bits per heavy atom. The van der Waals surface area contributed by atoms with Crippen LogP contribution in [-0.4, -0.2) is 70.3 Å². The molecule has 1 aliphatic heterocycles. The van der Waals surface area contributed by atoms with Gasteiger partial charge >= 0.3 is 0 Å². The van der Waals surface area contributed by atoms with E-state index in [9.17, 15) is 4.79 Å². The first kappa shape index (κ1) is 20.8. The summed E-state index contributed by atoms with van der Waals surface area (Å²) in [5.74, 6) is 2.69. The quantitative estimate of drug-likeness (QED) is 0.712. The molecule has 1 heterocycles. The maximum atomic E-state index is 12.9. The van der Waals surface area contributed by atoms with Crippen LogP contribution in [0.25, 0.3) is 0 Å². The van der Waals surface area contributed by atoms with Gasteiger partial charge < -0.3 is 23.8 Å². The number of hydrogen-bond donors (Lipinski definition) is 0. The van der Waals surface area contributed by atoms with Crippen molar-refractivity contribution in [3.8, 4) is 23.0 Å². The van der Waals surface area contributed by atoms with Gasteiger partial charge in [0.1, 0.15) is 11.5 Å². The summed E-state index contributed by atoms with van der Waals surface area (Å²) in [5.41, 5.74) is 1.65. The Hall–Kier alpha value is -2.93. The van der Waals surface area contributed by atoms with Gasteiger partial charge in [0.05, 0.1) is 28.4 Å². The molecule has 0 spiro atoms. The van der Waals surface area contributed by atoms with Crippen LogP contribution in [0.5, 0.6) is 23.0 Å². The zero-order chi connectivity index (χ0) is 20.8. The lowest BCUT2D eigenvalue weighted by Gasteiger charge is -2.35. The molecule has 0 bridgehead atoms. The number of rotatable bonds is 7. The lowest BCUT2D eigenvalue weighted by molar-refractivity contribution is 0.0626. The highest BCUT2D eigenvalue weighted by Crippen LogP contribution is 2.31. The summed E-state index contributed by atoms with van der Waals surface area (Å²) in [6, 6.07) is 11.2. The molecule has 0 N–H and O–H groups in total. The Bertz CT molecular complexity index is 825. The summed E-state index contributed by atoms with van der Waals surface area (Å²) < 4.78 is 21.5. The standard InChI is InChI=1S/C22H28N2O5/c1-26-18-12-17(13-19(14-18)27-2)22(25)24-10-8-23(9-11-24)15-16-6-5-7-20(28-3)21(16)29-4/h5-7,12-14H,8-11,15H2,1-4H3. The minimum Gasteiger partial charge on any atom is -0.497 e. The van der Waals surface area contributed by atoms with E-state index in [2.05, 4.69) is 4.90 Å². The van der Waals surface area contributed by atoms with Gasteiger partial charge in [-0.1, -0.05) is 12.1 Å². The summed E-state index contributed by atoms with van der Waals surface area (Å²) in [5, 5.41) is 0. The number of hydrogen-bond acceptors (Lipinski definition) is 6. The first-order chi connectivity index (χ1) is 14.1. The summed E-state index contributed by atoms with van der Waals surface area (Å²) in [6.45, 7) is 3.63. The average Bonchev–Trinajstić information content (AvgIpc) is 2.78. The number of carbonyl (C=O) groups is 1. The number of ether oxygens (including phenoxy) is 4. The van der Waals surface area contributed by atoms with Crippen LogP contribution in [0.4, 0.5) is 0 Å². The second-order valence-corrected chi connectivity index (χ2v) is 6.82. The van der Waals surface area contributed by atoms with Gasteiger partial charge in [-0.3, -0.25) is 9.69 Å². The highest BCUT2D eigenvalue weighted by molar-refractivity contribution is 5.95. The lowest BCUT2D eigenvalue weighted by atomic mass is 10.1. The van der Waals surface area contributed by atoms with Gasteiger partial charge in [-0.15, -0.1) is 0 Å². The maximum absolute atomic E-state index is 12.9. The lowest BCUT2D eigenvalue weighted by Crippen LogP contribution is -2.48. The fraction of sp³-hybridized carbons (Fsp3) is 0.409. The smallest absolute Gasteiger partial charge is 0.254 e. The molecule has 29 heavy (non-hydrogen) atoms. The zero-order valence-corrected chi connectivity index (χ0v) is 17.4. The molecule has 2 aromatic rings. The van der Waals surface area contributed by atoms with Crippen LogP contribution < -0.4 is 18.9 Å². The van der Waals surface area contributed by atoms with Crippen molar-refractivity contribution in [2.75, 3.05) is 54.6 Å². The fourth-order valence-corrected chi connectivity index (χ4v) is 3.54. The van der Waals surface area contributed by atoms with Crippen LogP contribution in [0.2, 0.25) is 0 Å². The van der Waals surface area contributed by atoms with Gasteiger partial charge in [0, 0.05) is 49.9 Å². The first-order valence-corrected chi connectivity index (χ1v) is 9.54. The Morgan fingerprint density at radius 2 is 1.52 bits per heavy atom. The van der Waals surface area contributed by atoms with Crippen LogP contribution in [-0.2, 0) is 6.54 Å². The summed E-state index contributed by atoms with van der Waals surface area (Å²) in [7, 11) is 6.45. The molecule has 0 aromatic heterocycles. The molecule has 1 aliphatic rings. The number of nitrogens with zero attached hydrogens (tertiary/aromatic N) is 2. The van der Waals surface area contributed by atoms with E-state index in [0.717, 1.165) is 36.7 Å². The third kappa shape index (κ3) is 4.74. The predicted molar refractivity (Wildman–Crippen MR) is 110 cm³/mol. The van der Waals surface area contributed by atoms with Gasteiger partial charge in [-0.05, 0) is 18.2 Å². The van der Waals surface area contributed by atoms with Crippen LogP contribution >= 0.6 is 0 Å². The molecule has 0 unspecified atom stereocenters. The average molecular weight is 400 g/mol. The van der Waals surface area contributed by atoms with Gasteiger partial charge in [0.2, 0.25) is 0 Å². The molecule has 7 nitrogen and oxygen atoms in total. The van der Waals surface area contributed by atoms with Crippen molar-refractivity contribution in [3.05, 3.63) is 47.5 Å². The van der Waals surface area contributed by atoms with E-state index in [4.69, 9.17) is 18.9 Å². The highest BCUT2D eigenvalue weighted by Gasteiger charge is 2.24. The van der Waals surface area contributed by atoms with Crippen molar-refractivity contribution >= 4 is 5.91 Å². The van der Waals surface area contributed by atoms with Crippen LogP contribution in [0.3, 0.4) is 0 Å². The van der Waals surface area contributed by atoms with E-state index in [1.807, 2.05) is 23.1 Å². The predicted octanol–water partition coefficient (Wildman–Crippen LogP) is 2.68. The molecule has 2 aromatic carbocycles. The topological polar surface area (TPSA) is 60.5 Å². The van der Waals surface area contributed by atoms with Gasteiger partial charge in [-0.25, -0.2) is 0 Å². The molecular formula is C22H28N2O5. The number of carbonyl (C=O) groups excluding carboxylic acids is 1. The second kappa shape index (κ2) is 9.52. The molecule has 7 heteroatoms. The van der Waals surface area contributed by atoms with Crippen molar-refractivity contribution < 1.29 is 23.7 Å².